The molecular weight excluding hydrogens is 370 g/mol. The highest BCUT2D eigenvalue weighted by Gasteiger charge is 2.33. The van der Waals surface area contributed by atoms with Crippen LogP contribution < -0.4 is 5.56 Å². The Hall–Kier alpha value is -3.42. The molecule has 0 N–H and O–H groups in total. The number of nitrogens with zero attached hydrogens (tertiary/aromatic N) is 5. The predicted molar refractivity (Wildman–Crippen MR) is 107 cm³/mol. The van der Waals surface area contributed by atoms with Gasteiger partial charge in [0.15, 0.2) is 5.58 Å². The minimum atomic E-state index is -0.301. The van der Waals surface area contributed by atoms with E-state index in [2.05, 4.69) is 10.1 Å². The molecule has 8 nitrogen and oxygen atoms in total. The summed E-state index contributed by atoms with van der Waals surface area (Å²) in [7, 11) is 0. The number of furan rings is 1. The van der Waals surface area contributed by atoms with Gasteiger partial charge in [-0.05, 0) is 38.3 Å². The molecule has 29 heavy (non-hydrogen) atoms. The molecular formula is C21H21N5O3. The van der Waals surface area contributed by atoms with E-state index in [9.17, 15) is 9.59 Å². The van der Waals surface area contributed by atoms with Crippen LogP contribution in [0.4, 0.5) is 0 Å². The fourth-order valence-corrected chi connectivity index (χ4v) is 3.84. The maximum Gasteiger partial charge on any atom is 0.291 e. The second-order valence-electron chi connectivity index (χ2n) is 7.60. The van der Waals surface area contributed by atoms with Crippen molar-refractivity contribution in [3.05, 3.63) is 64.2 Å². The molecule has 148 valence electrons. The molecule has 1 aliphatic rings. The number of aryl methyl sites for hydroxylation is 2. The van der Waals surface area contributed by atoms with E-state index in [4.69, 9.17) is 4.42 Å². The van der Waals surface area contributed by atoms with E-state index < -0.39 is 0 Å². The standard InChI is InChI=1S/C21H21N5O3/c1-13-8-17-19(29-13)9-18-21(28)25(23-14(2)26(17)18)12-20(27)24(16-5-6-16)11-15-4-3-7-22-10-15/h3-4,7-10,16H,5-6,11-12H2,1-2H3. The number of rotatable bonds is 5. The molecule has 4 heterocycles. The Kier molecular flexibility index (Phi) is 4.01. The van der Waals surface area contributed by atoms with E-state index in [0.717, 1.165) is 29.7 Å². The molecule has 0 unspecified atom stereocenters. The van der Waals surface area contributed by atoms with Gasteiger partial charge in [0.25, 0.3) is 5.56 Å². The number of hydrogen-bond donors (Lipinski definition) is 0. The smallest absolute Gasteiger partial charge is 0.291 e. The lowest BCUT2D eigenvalue weighted by molar-refractivity contribution is -0.133. The van der Waals surface area contributed by atoms with Gasteiger partial charge in [0.05, 0.1) is 5.52 Å². The third-order valence-electron chi connectivity index (χ3n) is 5.32. The molecule has 0 aromatic carbocycles. The maximum absolute atomic E-state index is 13.0. The number of carbonyl (C=O) groups is 1. The van der Waals surface area contributed by atoms with Gasteiger partial charge in [-0.15, -0.1) is 0 Å². The molecule has 0 atom stereocenters. The van der Waals surface area contributed by atoms with Gasteiger partial charge >= 0.3 is 0 Å². The van der Waals surface area contributed by atoms with Crippen LogP contribution in [0.15, 0.2) is 45.9 Å². The number of fused-ring (bicyclic) bond motifs is 3. The highest BCUT2D eigenvalue weighted by atomic mass is 16.3. The summed E-state index contributed by atoms with van der Waals surface area (Å²) in [5.74, 6) is 1.30. The predicted octanol–water partition coefficient (Wildman–Crippen LogP) is 2.45. The Bertz CT molecular complexity index is 1280. The normalized spacial score (nSPS) is 14.0. The molecule has 1 amide bonds. The van der Waals surface area contributed by atoms with Crippen LogP contribution in [0.2, 0.25) is 0 Å². The van der Waals surface area contributed by atoms with Crippen molar-refractivity contribution in [2.45, 2.75) is 45.8 Å². The zero-order chi connectivity index (χ0) is 20.1. The van der Waals surface area contributed by atoms with Crippen LogP contribution in [0, 0.1) is 13.8 Å². The summed E-state index contributed by atoms with van der Waals surface area (Å²) in [4.78, 5) is 32.0. The summed E-state index contributed by atoms with van der Waals surface area (Å²) >= 11 is 0. The number of aromatic nitrogens is 4. The largest absolute Gasteiger partial charge is 0.460 e. The van der Waals surface area contributed by atoms with E-state index in [-0.39, 0.29) is 24.1 Å². The first-order chi connectivity index (χ1) is 14.0. The van der Waals surface area contributed by atoms with Crippen molar-refractivity contribution in [2.75, 3.05) is 0 Å². The third-order valence-corrected chi connectivity index (χ3v) is 5.32. The summed E-state index contributed by atoms with van der Waals surface area (Å²) < 4.78 is 8.69. The van der Waals surface area contributed by atoms with E-state index in [1.54, 1.807) is 22.9 Å². The van der Waals surface area contributed by atoms with Crippen molar-refractivity contribution in [1.29, 1.82) is 0 Å². The number of amides is 1. The summed E-state index contributed by atoms with van der Waals surface area (Å²) in [6, 6.07) is 7.64. The summed E-state index contributed by atoms with van der Waals surface area (Å²) in [6.07, 6.45) is 5.45. The van der Waals surface area contributed by atoms with Crippen LogP contribution in [0.1, 0.15) is 30.0 Å². The molecule has 4 aromatic rings. The van der Waals surface area contributed by atoms with Crippen molar-refractivity contribution in [3.63, 3.8) is 0 Å². The van der Waals surface area contributed by atoms with Gasteiger partial charge in [-0.3, -0.25) is 19.0 Å². The van der Waals surface area contributed by atoms with E-state index in [1.807, 2.05) is 36.9 Å². The summed E-state index contributed by atoms with van der Waals surface area (Å²) in [5, 5.41) is 4.41. The number of carbonyl (C=O) groups excluding carboxylic acids is 1. The van der Waals surface area contributed by atoms with Crippen molar-refractivity contribution in [2.24, 2.45) is 0 Å². The highest BCUT2D eigenvalue weighted by molar-refractivity contribution is 5.83. The number of hydrogen-bond acceptors (Lipinski definition) is 5. The van der Waals surface area contributed by atoms with Gasteiger partial charge in [0.1, 0.15) is 23.6 Å². The van der Waals surface area contributed by atoms with Gasteiger partial charge in [-0.2, -0.15) is 5.10 Å². The van der Waals surface area contributed by atoms with Crippen LogP contribution in [0.3, 0.4) is 0 Å². The molecule has 0 saturated heterocycles. The second kappa shape index (κ2) is 6.58. The molecule has 8 heteroatoms. The molecule has 0 radical (unpaired) electrons. The van der Waals surface area contributed by atoms with E-state index in [1.165, 1.54) is 4.68 Å². The Balaban J connectivity index is 1.48. The molecule has 5 rings (SSSR count). The molecule has 4 aromatic heterocycles. The van der Waals surface area contributed by atoms with Gasteiger partial charge in [0, 0.05) is 37.1 Å². The topological polar surface area (TPSA) is 85.6 Å². The van der Waals surface area contributed by atoms with Gasteiger partial charge in [-0.25, -0.2) is 4.68 Å². The molecule has 1 saturated carbocycles. The summed E-state index contributed by atoms with van der Waals surface area (Å²) in [6.45, 7) is 4.09. The van der Waals surface area contributed by atoms with Gasteiger partial charge in [0.2, 0.25) is 5.91 Å². The first kappa shape index (κ1) is 17.7. The summed E-state index contributed by atoms with van der Waals surface area (Å²) in [5.41, 5.74) is 2.59. The van der Waals surface area contributed by atoms with Crippen molar-refractivity contribution in [1.82, 2.24) is 24.1 Å². The quantitative estimate of drug-likeness (QED) is 0.522. The highest BCUT2D eigenvalue weighted by Crippen LogP contribution is 2.28. The fourth-order valence-electron chi connectivity index (χ4n) is 3.84. The van der Waals surface area contributed by atoms with Crippen LogP contribution in [-0.2, 0) is 17.9 Å². The molecule has 0 bridgehead atoms. The Morgan fingerprint density at radius 3 is 2.83 bits per heavy atom. The lowest BCUT2D eigenvalue weighted by Crippen LogP contribution is -2.39. The van der Waals surface area contributed by atoms with Crippen molar-refractivity contribution < 1.29 is 9.21 Å². The minimum Gasteiger partial charge on any atom is -0.460 e. The Morgan fingerprint density at radius 2 is 2.10 bits per heavy atom. The minimum absolute atomic E-state index is 0.0848. The lowest BCUT2D eigenvalue weighted by Gasteiger charge is -2.22. The first-order valence-corrected chi connectivity index (χ1v) is 9.69. The first-order valence-electron chi connectivity index (χ1n) is 9.69. The molecule has 0 spiro atoms. The average Bonchev–Trinajstić information content (AvgIpc) is 3.38. The van der Waals surface area contributed by atoms with Crippen molar-refractivity contribution >= 4 is 22.5 Å². The number of pyridine rings is 1. The second-order valence-corrected chi connectivity index (χ2v) is 7.60. The van der Waals surface area contributed by atoms with Crippen LogP contribution in [0.5, 0.6) is 0 Å². The molecule has 1 fully saturated rings. The van der Waals surface area contributed by atoms with Crippen molar-refractivity contribution in [3.8, 4) is 0 Å². The monoisotopic (exact) mass is 391 g/mol. The van der Waals surface area contributed by atoms with Crippen LogP contribution in [0.25, 0.3) is 16.6 Å². The van der Waals surface area contributed by atoms with Gasteiger partial charge in [-0.1, -0.05) is 6.07 Å². The lowest BCUT2D eigenvalue weighted by atomic mass is 10.2. The average molecular weight is 391 g/mol. The molecule has 1 aliphatic carbocycles. The zero-order valence-corrected chi connectivity index (χ0v) is 16.3. The maximum atomic E-state index is 13.0. The Labute approximate surface area is 166 Å². The Morgan fingerprint density at radius 1 is 1.28 bits per heavy atom. The molecule has 0 aliphatic heterocycles. The van der Waals surface area contributed by atoms with Crippen LogP contribution in [-0.4, -0.2) is 36.0 Å². The third kappa shape index (κ3) is 3.10. The van der Waals surface area contributed by atoms with E-state index in [0.29, 0.717) is 23.5 Å². The van der Waals surface area contributed by atoms with Crippen LogP contribution >= 0.6 is 0 Å². The van der Waals surface area contributed by atoms with E-state index >= 15 is 0 Å². The zero-order valence-electron chi connectivity index (χ0n) is 16.3. The SMILES string of the molecule is Cc1cc2c(cc3c(=O)n(CC(=O)N(Cc4cccnc4)C4CC4)nc(C)n32)o1. The van der Waals surface area contributed by atoms with Gasteiger partial charge < -0.3 is 9.32 Å². The fraction of sp³-hybridized carbons (Fsp3) is 0.333.